The Kier molecular flexibility index (Phi) is 8.77. The lowest BCUT2D eigenvalue weighted by Gasteiger charge is -2.16. The highest BCUT2D eigenvalue weighted by Crippen LogP contribution is 2.30. The highest BCUT2D eigenvalue weighted by Gasteiger charge is 2.19. The summed E-state index contributed by atoms with van der Waals surface area (Å²) in [6, 6.07) is 0.530. The second-order valence-electron chi connectivity index (χ2n) is 7.58. The van der Waals surface area contributed by atoms with Crippen molar-refractivity contribution >= 4 is 5.91 Å². The molecule has 0 bridgehead atoms. The molecule has 1 aromatic rings. The lowest BCUT2D eigenvalue weighted by Crippen LogP contribution is -2.11. The molecule has 1 heterocycles. The van der Waals surface area contributed by atoms with Gasteiger partial charge in [0.1, 0.15) is 0 Å². The van der Waals surface area contributed by atoms with Crippen molar-refractivity contribution in [3.8, 4) is 0 Å². The summed E-state index contributed by atoms with van der Waals surface area (Å²) < 4.78 is 2.11. The number of hydrogen-bond donors (Lipinski definition) is 0. The van der Waals surface area contributed by atoms with Crippen LogP contribution in [0.3, 0.4) is 0 Å². The summed E-state index contributed by atoms with van der Waals surface area (Å²) in [4.78, 5) is 20.7. The second-order valence-corrected chi connectivity index (χ2v) is 7.58. The zero-order valence-electron chi connectivity index (χ0n) is 15.5. The Balaban J connectivity index is 1.58. The van der Waals surface area contributed by atoms with Crippen molar-refractivity contribution in [3.63, 3.8) is 0 Å². The van der Waals surface area contributed by atoms with Gasteiger partial charge in [-0.25, -0.2) is 4.68 Å². The van der Waals surface area contributed by atoms with E-state index in [4.69, 9.17) is 0 Å². The normalized spacial score (nSPS) is 21.0. The Labute approximate surface area is 150 Å². The van der Waals surface area contributed by atoms with Crippen molar-refractivity contribution in [2.24, 2.45) is 11.1 Å². The van der Waals surface area contributed by atoms with Gasteiger partial charge in [0, 0.05) is 17.8 Å². The summed E-state index contributed by atoms with van der Waals surface area (Å²) >= 11 is 0. The smallest absolute Gasteiger partial charge is 0.269 e. The summed E-state index contributed by atoms with van der Waals surface area (Å²) in [5, 5.41) is 11.1. The highest BCUT2D eigenvalue weighted by molar-refractivity contribution is 5.76. The second kappa shape index (κ2) is 11.1. The van der Waals surface area contributed by atoms with Gasteiger partial charge in [0.2, 0.25) is 0 Å². The van der Waals surface area contributed by atoms with Gasteiger partial charge < -0.3 is 0 Å². The van der Waals surface area contributed by atoms with E-state index in [1.165, 1.54) is 38.5 Å². The van der Waals surface area contributed by atoms with Crippen LogP contribution >= 0.6 is 0 Å². The molecule has 6 nitrogen and oxygen atoms in total. The first-order chi connectivity index (χ1) is 12.2. The van der Waals surface area contributed by atoms with Crippen LogP contribution in [0, 0.1) is 10.8 Å². The molecule has 2 atom stereocenters. The molecule has 140 valence electrons. The molecule has 0 aliphatic heterocycles. The van der Waals surface area contributed by atoms with Gasteiger partial charge in [0.15, 0.2) is 0 Å². The molecule has 1 aliphatic rings. The third kappa shape index (κ3) is 7.45. The molecule has 1 aromatic heterocycles. The van der Waals surface area contributed by atoms with Crippen molar-refractivity contribution in [1.29, 1.82) is 0 Å². The van der Waals surface area contributed by atoms with Crippen molar-refractivity contribution in [3.05, 3.63) is 16.8 Å². The zero-order chi connectivity index (χ0) is 17.9. The number of nitroso groups, excluding NO2 is 1. The molecule has 1 amide bonds. The average molecular weight is 348 g/mol. The van der Waals surface area contributed by atoms with Crippen LogP contribution in [0.4, 0.5) is 0 Å². The van der Waals surface area contributed by atoms with E-state index < -0.39 is 5.91 Å². The zero-order valence-corrected chi connectivity index (χ0v) is 15.5. The van der Waals surface area contributed by atoms with E-state index in [1.807, 2.05) is 0 Å². The molecule has 0 saturated heterocycles. The van der Waals surface area contributed by atoms with Gasteiger partial charge in [0.05, 0.1) is 11.7 Å². The van der Waals surface area contributed by atoms with Crippen LogP contribution in [-0.4, -0.2) is 20.9 Å². The minimum Gasteiger partial charge on any atom is -0.269 e. The molecule has 2 rings (SSSR count). The number of carbonyl (C=O) groups excluding carboxylic acids is 1. The number of aromatic nitrogens is 3. The number of hydrogen-bond acceptors (Lipinski definition) is 4. The molecule has 0 radical (unpaired) electrons. The molecule has 6 heteroatoms. The van der Waals surface area contributed by atoms with E-state index in [-0.39, 0.29) is 0 Å². The van der Waals surface area contributed by atoms with Gasteiger partial charge >= 0.3 is 0 Å². The van der Waals surface area contributed by atoms with Crippen molar-refractivity contribution in [2.75, 3.05) is 0 Å². The minimum atomic E-state index is -0.522. The van der Waals surface area contributed by atoms with Gasteiger partial charge in [-0.15, -0.1) is 10.0 Å². The topological polar surface area (TPSA) is 77.2 Å². The largest absolute Gasteiger partial charge is 0.286 e. The number of unbranched alkanes of at least 4 members (excludes halogenated alkanes) is 5. The van der Waals surface area contributed by atoms with Gasteiger partial charge in [-0.05, 0) is 38.0 Å². The molecule has 1 aliphatic carbocycles. The number of rotatable bonds is 10. The first-order valence-electron chi connectivity index (χ1n) is 9.96. The van der Waals surface area contributed by atoms with E-state index >= 15 is 0 Å². The molecule has 0 aromatic carbocycles. The molecular formula is C19H32N4O2. The first kappa shape index (κ1) is 19.7. The van der Waals surface area contributed by atoms with Crippen LogP contribution in [0.15, 0.2) is 11.4 Å². The average Bonchev–Trinajstić information content (AvgIpc) is 2.97. The third-order valence-corrected chi connectivity index (χ3v) is 5.27. The Morgan fingerprint density at radius 1 is 1.16 bits per heavy atom. The van der Waals surface area contributed by atoms with Crippen LogP contribution < -0.4 is 0 Å². The maximum absolute atomic E-state index is 10.8. The summed E-state index contributed by atoms with van der Waals surface area (Å²) in [5.41, 5.74) is 1.11. The van der Waals surface area contributed by atoms with E-state index in [1.54, 1.807) is 0 Å². The number of amides is 1. The molecular weight excluding hydrogens is 316 g/mol. The SMILES string of the molecule is C[C@@H]1CCCC[C@H](n2cc(CCCCCCCCC(=O)N=O)nn2)C1. The monoisotopic (exact) mass is 348 g/mol. The number of nitrogens with zero attached hydrogens (tertiary/aromatic N) is 4. The molecule has 0 spiro atoms. The summed E-state index contributed by atoms with van der Waals surface area (Å²) in [7, 11) is 0. The fourth-order valence-corrected chi connectivity index (χ4v) is 3.75. The minimum absolute atomic E-state index is 0.298. The summed E-state index contributed by atoms with van der Waals surface area (Å²) in [6.07, 6.45) is 16.3. The Morgan fingerprint density at radius 2 is 1.88 bits per heavy atom. The summed E-state index contributed by atoms with van der Waals surface area (Å²) in [5.74, 6) is 0.268. The van der Waals surface area contributed by atoms with Crippen molar-refractivity contribution in [1.82, 2.24) is 15.0 Å². The van der Waals surface area contributed by atoms with E-state index in [0.717, 1.165) is 50.1 Å². The lowest BCUT2D eigenvalue weighted by atomic mass is 10.0. The van der Waals surface area contributed by atoms with Crippen LogP contribution in [0.2, 0.25) is 0 Å². The lowest BCUT2D eigenvalue weighted by molar-refractivity contribution is -0.118. The number of carbonyl (C=O) groups is 1. The quantitative estimate of drug-likeness (QED) is 0.339. The fourth-order valence-electron chi connectivity index (χ4n) is 3.75. The predicted molar refractivity (Wildman–Crippen MR) is 98.1 cm³/mol. The third-order valence-electron chi connectivity index (χ3n) is 5.27. The predicted octanol–water partition coefficient (Wildman–Crippen LogP) is 4.99. The maximum atomic E-state index is 10.8. The first-order valence-corrected chi connectivity index (χ1v) is 9.96. The highest BCUT2D eigenvalue weighted by atomic mass is 16.3. The fraction of sp³-hybridized carbons (Fsp3) is 0.842. The Bertz CT molecular complexity index is 529. The standard InChI is InChI=1S/C19H32N4O2/c1-16-10-8-9-12-18(14-16)23-15-17(20-22-23)11-6-4-2-3-5-7-13-19(24)21-25/h15-16,18H,2-14H2,1H3/t16-,18+/m1/s1. The van der Waals surface area contributed by atoms with E-state index in [2.05, 4.69) is 33.3 Å². The van der Waals surface area contributed by atoms with Gasteiger partial charge in [-0.2, -0.15) is 0 Å². The van der Waals surface area contributed by atoms with Crippen molar-refractivity contribution < 1.29 is 4.79 Å². The number of aryl methyl sites for hydroxylation is 1. The molecule has 0 unspecified atom stereocenters. The van der Waals surface area contributed by atoms with E-state index in [0.29, 0.717) is 12.5 Å². The van der Waals surface area contributed by atoms with Gasteiger partial charge in [0.25, 0.3) is 5.91 Å². The molecule has 1 fully saturated rings. The van der Waals surface area contributed by atoms with Crippen LogP contribution in [0.25, 0.3) is 0 Å². The Morgan fingerprint density at radius 3 is 2.68 bits per heavy atom. The maximum Gasteiger partial charge on any atom is 0.286 e. The van der Waals surface area contributed by atoms with E-state index in [9.17, 15) is 9.70 Å². The molecule has 0 N–H and O–H groups in total. The molecule has 1 saturated carbocycles. The van der Waals surface area contributed by atoms with Crippen LogP contribution in [-0.2, 0) is 11.2 Å². The molecule has 25 heavy (non-hydrogen) atoms. The van der Waals surface area contributed by atoms with Crippen molar-refractivity contribution in [2.45, 2.75) is 96.4 Å². The van der Waals surface area contributed by atoms with Gasteiger partial charge in [-0.1, -0.05) is 57.1 Å². The van der Waals surface area contributed by atoms with Crippen LogP contribution in [0.5, 0.6) is 0 Å². The Hall–Kier alpha value is -1.59. The van der Waals surface area contributed by atoms with Crippen LogP contribution in [0.1, 0.15) is 95.7 Å². The van der Waals surface area contributed by atoms with Gasteiger partial charge in [-0.3, -0.25) is 4.79 Å². The summed E-state index contributed by atoms with van der Waals surface area (Å²) in [6.45, 7) is 2.35.